The Bertz CT molecular complexity index is 1240. The first-order valence-corrected chi connectivity index (χ1v) is 9.14. The number of rotatable bonds is 3. The van der Waals surface area contributed by atoms with Gasteiger partial charge in [0, 0.05) is 41.6 Å². The Morgan fingerprint density at radius 1 is 1.20 bits per heavy atom. The fraction of sp³-hybridized carbons (Fsp3) is 0.100. The van der Waals surface area contributed by atoms with Crippen molar-refractivity contribution in [3.63, 3.8) is 0 Å². The molecule has 0 saturated heterocycles. The Labute approximate surface area is 173 Å². The number of H-pyrrole nitrogens is 1. The summed E-state index contributed by atoms with van der Waals surface area (Å²) in [6.07, 6.45) is 0.653. The summed E-state index contributed by atoms with van der Waals surface area (Å²) in [7, 11) is 1.81. The lowest BCUT2D eigenvalue weighted by Crippen LogP contribution is -2.19. The van der Waals surface area contributed by atoms with Gasteiger partial charge in [0.25, 0.3) is 0 Å². The average Bonchev–Trinajstić information content (AvgIpc) is 3.27. The summed E-state index contributed by atoms with van der Waals surface area (Å²) in [5.41, 5.74) is 2.24. The van der Waals surface area contributed by atoms with Crippen molar-refractivity contribution in [2.45, 2.75) is 6.18 Å². The highest BCUT2D eigenvalue weighted by molar-refractivity contribution is 6.31. The van der Waals surface area contributed by atoms with Crippen LogP contribution in [0.5, 0.6) is 0 Å². The van der Waals surface area contributed by atoms with E-state index in [-0.39, 0.29) is 5.69 Å². The Kier molecular flexibility index (Phi) is 4.90. The van der Waals surface area contributed by atoms with E-state index in [1.54, 1.807) is 17.1 Å². The largest absolute Gasteiger partial charge is 0.417 e. The molecule has 2 heterocycles. The number of nitrogens with one attached hydrogen (secondary N) is 3. The SMILES string of the molecule is Cn1cc(-c2cccc3[nH]cc(NC(=O)Nc4ccc(C(F)(F)F)c(Cl)c4)c23)cn1. The van der Waals surface area contributed by atoms with Crippen LogP contribution in [0.25, 0.3) is 22.0 Å². The summed E-state index contributed by atoms with van der Waals surface area (Å²) in [5.74, 6) is 0. The number of anilines is 2. The van der Waals surface area contributed by atoms with Gasteiger partial charge in [0.15, 0.2) is 0 Å². The van der Waals surface area contributed by atoms with Crippen LogP contribution in [0.2, 0.25) is 5.02 Å². The van der Waals surface area contributed by atoms with Crippen LogP contribution in [0.1, 0.15) is 5.56 Å². The monoisotopic (exact) mass is 433 g/mol. The van der Waals surface area contributed by atoms with Gasteiger partial charge in [-0.3, -0.25) is 4.68 Å². The van der Waals surface area contributed by atoms with Crippen LogP contribution in [0, 0.1) is 0 Å². The number of hydrogen-bond acceptors (Lipinski definition) is 2. The third kappa shape index (κ3) is 3.84. The second-order valence-electron chi connectivity index (χ2n) is 6.60. The molecule has 10 heteroatoms. The number of urea groups is 1. The van der Waals surface area contributed by atoms with E-state index in [1.807, 2.05) is 31.4 Å². The number of fused-ring (bicyclic) bond motifs is 1. The molecule has 2 aromatic heterocycles. The molecule has 4 rings (SSSR count). The quantitative estimate of drug-likeness (QED) is 0.377. The number of halogens is 4. The van der Waals surface area contributed by atoms with Crippen LogP contribution in [-0.2, 0) is 13.2 Å². The number of amides is 2. The molecule has 30 heavy (non-hydrogen) atoms. The second-order valence-corrected chi connectivity index (χ2v) is 7.01. The van der Waals surface area contributed by atoms with E-state index in [1.165, 1.54) is 0 Å². The molecular weight excluding hydrogens is 419 g/mol. The summed E-state index contributed by atoms with van der Waals surface area (Å²) < 4.78 is 40.2. The van der Waals surface area contributed by atoms with Gasteiger partial charge < -0.3 is 15.6 Å². The van der Waals surface area contributed by atoms with Crippen LogP contribution in [0.15, 0.2) is 55.0 Å². The van der Waals surface area contributed by atoms with Crippen molar-refractivity contribution in [3.8, 4) is 11.1 Å². The summed E-state index contributed by atoms with van der Waals surface area (Å²) in [6.45, 7) is 0. The van der Waals surface area contributed by atoms with Crippen molar-refractivity contribution < 1.29 is 18.0 Å². The number of hydrogen-bond donors (Lipinski definition) is 3. The maximum Gasteiger partial charge on any atom is 0.417 e. The van der Waals surface area contributed by atoms with Crippen molar-refractivity contribution in [1.29, 1.82) is 0 Å². The van der Waals surface area contributed by atoms with Gasteiger partial charge in [0.2, 0.25) is 0 Å². The fourth-order valence-electron chi connectivity index (χ4n) is 3.19. The molecule has 0 aliphatic rings. The van der Waals surface area contributed by atoms with Gasteiger partial charge in [0.1, 0.15) is 0 Å². The van der Waals surface area contributed by atoms with Crippen LogP contribution in [0.3, 0.4) is 0 Å². The molecule has 0 aliphatic heterocycles. The number of aromatic nitrogens is 3. The van der Waals surface area contributed by atoms with Gasteiger partial charge in [-0.25, -0.2) is 4.79 Å². The summed E-state index contributed by atoms with van der Waals surface area (Å²) in [5, 5.41) is 9.68. The molecule has 154 valence electrons. The number of alkyl halides is 3. The normalized spacial score (nSPS) is 11.6. The minimum absolute atomic E-state index is 0.137. The van der Waals surface area contributed by atoms with E-state index < -0.39 is 22.8 Å². The number of nitrogens with zero attached hydrogens (tertiary/aromatic N) is 2. The number of carbonyl (C=O) groups excluding carboxylic acids is 1. The molecule has 0 spiro atoms. The van der Waals surface area contributed by atoms with Crippen molar-refractivity contribution >= 4 is 39.9 Å². The second kappa shape index (κ2) is 7.42. The third-order valence-electron chi connectivity index (χ3n) is 4.50. The first kappa shape index (κ1) is 19.8. The van der Waals surface area contributed by atoms with Gasteiger partial charge in [-0.1, -0.05) is 23.7 Å². The minimum atomic E-state index is -4.56. The molecular formula is C20H15ClF3N5O. The predicted molar refractivity (Wildman–Crippen MR) is 110 cm³/mol. The lowest BCUT2D eigenvalue weighted by Gasteiger charge is -2.12. The number of benzene rings is 2. The highest BCUT2D eigenvalue weighted by Gasteiger charge is 2.33. The number of aromatic amines is 1. The molecule has 0 radical (unpaired) electrons. The Balaban J connectivity index is 1.59. The fourth-order valence-corrected chi connectivity index (χ4v) is 3.48. The zero-order valence-corrected chi connectivity index (χ0v) is 16.3. The number of aryl methyl sites for hydroxylation is 1. The van der Waals surface area contributed by atoms with E-state index in [0.717, 1.165) is 40.2 Å². The first-order chi connectivity index (χ1) is 14.2. The highest BCUT2D eigenvalue weighted by Crippen LogP contribution is 2.36. The topological polar surface area (TPSA) is 74.7 Å². The van der Waals surface area contributed by atoms with E-state index in [2.05, 4.69) is 20.7 Å². The van der Waals surface area contributed by atoms with Gasteiger partial charge in [0.05, 0.1) is 22.5 Å². The van der Waals surface area contributed by atoms with E-state index in [9.17, 15) is 18.0 Å². The Hall–Kier alpha value is -3.46. The van der Waals surface area contributed by atoms with Gasteiger partial charge >= 0.3 is 12.2 Å². The maximum absolute atomic E-state index is 12.8. The van der Waals surface area contributed by atoms with Crippen LogP contribution >= 0.6 is 11.6 Å². The zero-order chi connectivity index (χ0) is 21.5. The summed E-state index contributed by atoms with van der Waals surface area (Å²) >= 11 is 5.70. The van der Waals surface area contributed by atoms with Crippen molar-refractivity contribution in [1.82, 2.24) is 14.8 Å². The van der Waals surface area contributed by atoms with Crippen LogP contribution in [0.4, 0.5) is 29.3 Å². The lowest BCUT2D eigenvalue weighted by atomic mass is 10.0. The highest BCUT2D eigenvalue weighted by atomic mass is 35.5. The molecule has 2 amide bonds. The van der Waals surface area contributed by atoms with Gasteiger partial charge in [-0.05, 0) is 29.8 Å². The number of carbonyl (C=O) groups is 1. The molecule has 0 fully saturated rings. The molecule has 6 nitrogen and oxygen atoms in total. The van der Waals surface area contributed by atoms with E-state index >= 15 is 0 Å². The maximum atomic E-state index is 12.8. The van der Waals surface area contributed by atoms with Crippen molar-refractivity contribution in [3.05, 3.63) is 65.6 Å². The van der Waals surface area contributed by atoms with Crippen LogP contribution in [-0.4, -0.2) is 20.8 Å². The third-order valence-corrected chi connectivity index (χ3v) is 4.81. The Morgan fingerprint density at radius 3 is 2.67 bits per heavy atom. The van der Waals surface area contributed by atoms with E-state index in [0.29, 0.717) is 5.69 Å². The molecule has 4 aromatic rings. The predicted octanol–water partition coefficient (Wildman–Crippen LogP) is 5.88. The lowest BCUT2D eigenvalue weighted by molar-refractivity contribution is -0.137. The molecule has 3 N–H and O–H groups in total. The molecule has 0 aliphatic carbocycles. The first-order valence-electron chi connectivity index (χ1n) is 8.76. The zero-order valence-electron chi connectivity index (χ0n) is 15.5. The molecule has 0 unspecified atom stereocenters. The Morgan fingerprint density at radius 2 is 2.00 bits per heavy atom. The van der Waals surface area contributed by atoms with E-state index in [4.69, 9.17) is 11.6 Å². The average molecular weight is 434 g/mol. The summed E-state index contributed by atoms with van der Waals surface area (Å²) in [6, 6.07) is 8.07. The molecule has 2 aromatic carbocycles. The summed E-state index contributed by atoms with van der Waals surface area (Å²) in [4.78, 5) is 15.5. The standard InChI is InChI=1S/C20H15ClF3N5O/c1-29-10-11(8-26-29)13-3-2-4-16-18(13)17(9-25-16)28-19(30)27-12-5-6-14(15(21)7-12)20(22,23)24/h2-10,25H,1H3,(H2,27,28,30). The minimum Gasteiger partial charge on any atom is -0.359 e. The van der Waals surface area contributed by atoms with Crippen molar-refractivity contribution in [2.24, 2.45) is 7.05 Å². The molecule has 0 saturated carbocycles. The van der Waals surface area contributed by atoms with Crippen molar-refractivity contribution in [2.75, 3.05) is 10.6 Å². The van der Waals surface area contributed by atoms with Gasteiger partial charge in [-0.15, -0.1) is 0 Å². The molecule has 0 atom stereocenters. The van der Waals surface area contributed by atoms with Crippen LogP contribution < -0.4 is 10.6 Å². The smallest absolute Gasteiger partial charge is 0.359 e. The van der Waals surface area contributed by atoms with Gasteiger partial charge in [-0.2, -0.15) is 18.3 Å². The molecule has 0 bridgehead atoms.